The lowest BCUT2D eigenvalue weighted by molar-refractivity contribution is 0.0697. The van der Waals surface area contributed by atoms with Gasteiger partial charge in [-0.3, -0.25) is 0 Å². The van der Waals surface area contributed by atoms with Crippen LogP contribution in [0.3, 0.4) is 0 Å². The number of hydrogen-bond donors (Lipinski definition) is 3. The number of aromatic nitrogens is 4. The maximum absolute atomic E-state index is 11.6. The van der Waals surface area contributed by atoms with Crippen LogP contribution >= 0.6 is 0 Å². The van der Waals surface area contributed by atoms with Gasteiger partial charge in [0, 0.05) is 33.2 Å². The van der Waals surface area contributed by atoms with Crippen LogP contribution in [0, 0.1) is 0 Å². The molecule has 3 aromatic heterocycles. The van der Waals surface area contributed by atoms with Crippen molar-refractivity contribution in [3.8, 4) is 11.1 Å². The van der Waals surface area contributed by atoms with Crippen molar-refractivity contribution in [2.24, 2.45) is 0 Å². The molecule has 0 atom stereocenters. The number of aromatic carboxylic acids is 1. The van der Waals surface area contributed by atoms with E-state index in [0.29, 0.717) is 0 Å². The molecule has 1 aromatic carbocycles. The van der Waals surface area contributed by atoms with Crippen molar-refractivity contribution in [2.45, 2.75) is 78.1 Å². The lowest BCUT2D eigenvalue weighted by Gasteiger charge is -2.07. The summed E-state index contributed by atoms with van der Waals surface area (Å²) in [4.78, 5) is 29.2. The van der Waals surface area contributed by atoms with Crippen LogP contribution in [-0.2, 0) is 12.8 Å². The van der Waals surface area contributed by atoms with Crippen LogP contribution in [0.25, 0.3) is 57.5 Å². The summed E-state index contributed by atoms with van der Waals surface area (Å²) in [6, 6.07) is 17.7. The van der Waals surface area contributed by atoms with Crippen LogP contribution in [0.2, 0.25) is 0 Å². The maximum Gasteiger partial charge on any atom is 0.335 e. The van der Waals surface area contributed by atoms with Crippen LogP contribution in [0.15, 0.2) is 54.6 Å². The van der Waals surface area contributed by atoms with Gasteiger partial charge in [0.05, 0.1) is 33.9 Å². The van der Waals surface area contributed by atoms with Crippen molar-refractivity contribution in [1.82, 2.24) is 19.9 Å². The van der Waals surface area contributed by atoms with Crippen LogP contribution in [-0.4, -0.2) is 31.0 Å². The predicted octanol–water partition coefficient (Wildman–Crippen LogP) is 10.3. The van der Waals surface area contributed by atoms with E-state index < -0.39 is 5.97 Å². The monoisotopic (exact) mass is 598 g/mol. The zero-order valence-electron chi connectivity index (χ0n) is 26.3. The van der Waals surface area contributed by atoms with Gasteiger partial charge in [0.1, 0.15) is 0 Å². The van der Waals surface area contributed by atoms with Gasteiger partial charge in [0.25, 0.3) is 0 Å². The van der Waals surface area contributed by atoms with Crippen molar-refractivity contribution in [1.29, 1.82) is 0 Å². The van der Waals surface area contributed by atoms with Gasteiger partial charge in [-0.2, -0.15) is 0 Å². The standard InChI is InChI=1S/C39H42N4O2/c1-3-5-7-9-11-32-35-20-19-30(41-35)23-28-17-18-29(40-28)24-31-25-34(26-13-15-27(16-14-26)39(44)45)38(42-31)33(12-10-8-6-4-2)37-22-21-36(32)43-37/h13-25,40,42H,3-12H2,1-2H3,(H,44,45). The molecule has 0 spiro atoms. The van der Waals surface area contributed by atoms with E-state index in [0.717, 1.165) is 88.1 Å². The number of hydrogen-bond acceptors (Lipinski definition) is 3. The number of fused-ring (bicyclic) bond motifs is 8. The predicted molar refractivity (Wildman–Crippen MR) is 187 cm³/mol. The Morgan fingerprint density at radius 3 is 1.96 bits per heavy atom. The zero-order chi connectivity index (χ0) is 31.2. The number of carbonyl (C=O) groups is 1. The number of rotatable bonds is 12. The second-order valence-electron chi connectivity index (χ2n) is 12.1. The molecule has 2 aliphatic heterocycles. The number of nitrogens with zero attached hydrogens (tertiary/aromatic N) is 2. The maximum atomic E-state index is 11.6. The number of carboxylic acids is 1. The summed E-state index contributed by atoms with van der Waals surface area (Å²) in [6.07, 6.45) is 19.7. The van der Waals surface area contributed by atoms with Crippen LogP contribution in [0.4, 0.5) is 0 Å². The first kappa shape index (κ1) is 30.3. The number of benzene rings is 1. The lowest BCUT2D eigenvalue weighted by atomic mass is 9.99. The average molecular weight is 599 g/mol. The van der Waals surface area contributed by atoms with Crippen LogP contribution < -0.4 is 0 Å². The van der Waals surface area contributed by atoms with Crippen LogP contribution in [0.1, 0.15) is 109 Å². The summed E-state index contributed by atoms with van der Waals surface area (Å²) in [5.74, 6) is -0.925. The van der Waals surface area contributed by atoms with Gasteiger partial charge >= 0.3 is 5.97 Å². The Kier molecular flexibility index (Phi) is 9.39. The summed E-state index contributed by atoms with van der Waals surface area (Å²) >= 11 is 0. The quantitative estimate of drug-likeness (QED) is 0.122. The van der Waals surface area contributed by atoms with Crippen molar-refractivity contribution in [3.63, 3.8) is 0 Å². The topological polar surface area (TPSA) is 94.7 Å². The molecule has 4 aromatic rings. The molecular formula is C39H42N4O2. The van der Waals surface area contributed by atoms with Gasteiger partial charge in [-0.15, -0.1) is 0 Å². The lowest BCUT2D eigenvalue weighted by Crippen LogP contribution is -1.97. The highest BCUT2D eigenvalue weighted by atomic mass is 16.4. The van der Waals surface area contributed by atoms with Gasteiger partial charge in [-0.05, 0) is 98.0 Å². The fourth-order valence-electron chi connectivity index (χ4n) is 6.29. The van der Waals surface area contributed by atoms with Gasteiger partial charge in [-0.1, -0.05) is 64.5 Å². The van der Waals surface area contributed by atoms with Gasteiger partial charge in [0.15, 0.2) is 0 Å². The van der Waals surface area contributed by atoms with Gasteiger partial charge in [0.2, 0.25) is 0 Å². The summed E-state index contributed by atoms with van der Waals surface area (Å²) in [6.45, 7) is 4.48. The van der Waals surface area contributed by atoms with Crippen molar-refractivity contribution in [3.05, 3.63) is 94.1 Å². The van der Waals surface area contributed by atoms with E-state index in [2.05, 4.69) is 78.5 Å². The molecule has 45 heavy (non-hydrogen) atoms. The molecule has 0 saturated heterocycles. The largest absolute Gasteiger partial charge is 0.478 e. The van der Waals surface area contributed by atoms with E-state index in [4.69, 9.17) is 9.97 Å². The minimum atomic E-state index is -0.925. The molecule has 0 fully saturated rings. The van der Waals surface area contributed by atoms with Gasteiger partial charge < -0.3 is 15.1 Å². The normalized spacial score (nSPS) is 12.2. The van der Waals surface area contributed by atoms with Crippen molar-refractivity contribution >= 4 is 52.3 Å². The highest BCUT2D eigenvalue weighted by molar-refractivity contribution is 5.93. The molecule has 230 valence electrons. The highest BCUT2D eigenvalue weighted by Crippen LogP contribution is 2.33. The SMILES string of the molecule is CCCCCCc1c2nc(cc3ccc(cc4cc(-c5ccc(C(=O)O)cc5)c([nH]4)c(CCCCCC)c4nc1C=C4)[nH]3)C=C2. The Balaban J connectivity index is 1.63. The summed E-state index contributed by atoms with van der Waals surface area (Å²) in [5, 5.41) is 9.52. The Labute approximate surface area is 265 Å². The highest BCUT2D eigenvalue weighted by Gasteiger charge is 2.17. The van der Waals surface area contributed by atoms with E-state index in [9.17, 15) is 9.90 Å². The van der Waals surface area contributed by atoms with E-state index in [1.54, 1.807) is 12.1 Å². The number of aryl methyl sites for hydroxylation is 1. The number of aromatic amines is 2. The van der Waals surface area contributed by atoms with E-state index in [1.807, 2.05) is 12.1 Å². The number of nitrogens with one attached hydrogen (secondary N) is 2. The molecule has 5 heterocycles. The van der Waals surface area contributed by atoms with Crippen molar-refractivity contribution < 1.29 is 9.90 Å². The van der Waals surface area contributed by atoms with Gasteiger partial charge in [-0.25, -0.2) is 14.8 Å². The molecule has 6 heteroatoms. The average Bonchev–Trinajstić information content (AvgIpc) is 3.86. The second kappa shape index (κ2) is 13.9. The molecule has 6 rings (SSSR count). The smallest absolute Gasteiger partial charge is 0.335 e. The molecule has 0 radical (unpaired) electrons. The Morgan fingerprint density at radius 1 is 0.644 bits per heavy atom. The fraction of sp³-hybridized carbons (Fsp3) is 0.308. The van der Waals surface area contributed by atoms with E-state index in [-0.39, 0.29) is 5.56 Å². The summed E-state index contributed by atoms with van der Waals surface area (Å²) in [5.41, 5.74) is 12.6. The third-order valence-corrected chi connectivity index (χ3v) is 8.72. The number of H-pyrrole nitrogens is 2. The van der Waals surface area contributed by atoms with E-state index >= 15 is 0 Å². The number of unbranched alkanes of at least 4 members (excludes halogenated alkanes) is 6. The zero-order valence-corrected chi connectivity index (χ0v) is 26.3. The molecule has 3 N–H and O–H groups in total. The Morgan fingerprint density at radius 2 is 1.27 bits per heavy atom. The minimum absolute atomic E-state index is 0.278. The molecule has 2 aliphatic rings. The molecule has 0 aliphatic carbocycles. The Bertz CT molecular complexity index is 1910. The van der Waals surface area contributed by atoms with Crippen LogP contribution in [0.5, 0.6) is 0 Å². The molecule has 0 saturated carbocycles. The molecule has 8 bridgehead atoms. The number of carboxylic acid groups (broad SMARTS) is 1. The third kappa shape index (κ3) is 7.01. The first-order chi connectivity index (χ1) is 22.0. The third-order valence-electron chi connectivity index (χ3n) is 8.72. The molecular weight excluding hydrogens is 556 g/mol. The second-order valence-corrected chi connectivity index (χ2v) is 12.1. The van der Waals surface area contributed by atoms with E-state index in [1.165, 1.54) is 43.2 Å². The first-order valence-corrected chi connectivity index (χ1v) is 16.5. The molecule has 0 amide bonds. The molecule has 0 unspecified atom stereocenters. The summed E-state index contributed by atoms with van der Waals surface area (Å²) < 4.78 is 0. The van der Waals surface area contributed by atoms with Crippen molar-refractivity contribution in [2.75, 3.05) is 0 Å². The fourth-order valence-corrected chi connectivity index (χ4v) is 6.29. The molecule has 6 nitrogen and oxygen atoms in total. The first-order valence-electron chi connectivity index (χ1n) is 16.5. The Hall–Kier alpha value is -4.71. The minimum Gasteiger partial charge on any atom is -0.478 e. The summed E-state index contributed by atoms with van der Waals surface area (Å²) in [7, 11) is 0.